The summed E-state index contributed by atoms with van der Waals surface area (Å²) < 4.78 is 10.9. The molecule has 0 radical (unpaired) electrons. The summed E-state index contributed by atoms with van der Waals surface area (Å²) in [6, 6.07) is 13.9. The van der Waals surface area contributed by atoms with Gasteiger partial charge in [0, 0.05) is 17.3 Å². The average molecular weight is 349 g/mol. The predicted molar refractivity (Wildman–Crippen MR) is 96.3 cm³/mol. The molecule has 0 unspecified atom stereocenters. The quantitative estimate of drug-likeness (QED) is 0.742. The monoisotopic (exact) mass is 349 g/mol. The number of nitrogens with zero attached hydrogens (tertiary/aromatic N) is 1. The number of aromatic amines is 1. The average Bonchev–Trinajstić information content (AvgIpc) is 3.13. The van der Waals surface area contributed by atoms with Crippen molar-refractivity contribution in [3.05, 3.63) is 53.7 Å². The Morgan fingerprint density at radius 1 is 1.15 bits per heavy atom. The van der Waals surface area contributed by atoms with Crippen LogP contribution >= 0.6 is 0 Å². The van der Waals surface area contributed by atoms with Crippen molar-refractivity contribution < 1.29 is 14.3 Å². The van der Waals surface area contributed by atoms with E-state index in [9.17, 15) is 4.79 Å². The number of amides is 1. The molecule has 0 spiro atoms. The maximum Gasteiger partial charge on any atom is 0.231 e. The Morgan fingerprint density at radius 2 is 2.00 bits per heavy atom. The van der Waals surface area contributed by atoms with Crippen LogP contribution < -0.4 is 14.8 Å². The van der Waals surface area contributed by atoms with E-state index in [2.05, 4.69) is 21.6 Å². The lowest BCUT2D eigenvalue weighted by molar-refractivity contribution is -0.120. The number of carbonyl (C=O) groups excluding carboxylic acids is 1. The second-order valence-corrected chi connectivity index (χ2v) is 7.02. The van der Waals surface area contributed by atoms with E-state index in [0.717, 1.165) is 40.9 Å². The molecular formula is C20H19N3O3. The normalized spacial score (nSPS) is 16.6. The highest BCUT2D eigenvalue weighted by Crippen LogP contribution is 2.49. The molecule has 1 aromatic heterocycles. The first-order valence-corrected chi connectivity index (χ1v) is 8.82. The Bertz CT molecular complexity index is 991. The minimum Gasteiger partial charge on any atom is -0.454 e. The Balaban J connectivity index is 1.26. The minimum atomic E-state index is 0.00595. The van der Waals surface area contributed by atoms with E-state index in [4.69, 9.17) is 9.47 Å². The van der Waals surface area contributed by atoms with Gasteiger partial charge in [-0.1, -0.05) is 24.3 Å². The molecule has 0 bridgehead atoms. The number of para-hydroxylation sites is 1. The van der Waals surface area contributed by atoms with Crippen LogP contribution in [0.5, 0.6) is 11.5 Å². The highest BCUT2D eigenvalue weighted by molar-refractivity contribution is 5.87. The van der Waals surface area contributed by atoms with E-state index in [1.807, 2.05) is 36.4 Å². The SMILES string of the molecule is O=C(Cc1[nH]nc2ccccc12)NCC1(c2ccc3c(c2)OCO3)CC1. The molecule has 2 heterocycles. The lowest BCUT2D eigenvalue weighted by Crippen LogP contribution is -2.33. The molecule has 1 saturated carbocycles. The van der Waals surface area contributed by atoms with Crippen LogP contribution in [0.3, 0.4) is 0 Å². The predicted octanol–water partition coefficient (Wildman–Crippen LogP) is 2.68. The summed E-state index contributed by atoms with van der Waals surface area (Å²) in [7, 11) is 0. The summed E-state index contributed by atoms with van der Waals surface area (Å²) in [6.07, 6.45) is 2.44. The van der Waals surface area contributed by atoms with Crippen molar-refractivity contribution in [3.8, 4) is 11.5 Å². The van der Waals surface area contributed by atoms with Gasteiger partial charge in [0.2, 0.25) is 12.7 Å². The molecule has 132 valence electrons. The van der Waals surface area contributed by atoms with Crippen LogP contribution in [-0.4, -0.2) is 29.4 Å². The molecule has 2 aliphatic rings. The van der Waals surface area contributed by atoms with Gasteiger partial charge in [-0.3, -0.25) is 9.89 Å². The van der Waals surface area contributed by atoms with Crippen LogP contribution in [-0.2, 0) is 16.6 Å². The van der Waals surface area contributed by atoms with Gasteiger partial charge in [0.15, 0.2) is 11.5 Å². The molecular weight excluding hydrogens is 330 g/mol. The van der Waals surface area contributed by atoms with Gasteiger partial charge in [0.1, 0.15) is 0 Å². The van der Waals surface area contributed by atoms with Gasteiger partial charge in [-0.25, -0.2) is 0 Å². The molecule has 26 heavy (non-hydrogen) atoms. The van der Waals surface area contributed by atoms with Crippen LogP contribution in [0.25, 0.3) is 10.9 Å². The summed E-state index contributed by atoms with van der Waals surface area (Å²) in [4.78, 5) is 12.4. The molecule has 3 aromatic rings. The molecule has 2 N–H and O–H groups in total. The Hall–Kier alpha value is -3.02. The Morgan fingerprint density at radius 3 is 2.88 bits per heavy atom. The standard InChI is InChI=1S/C20H19N3O3/c24-19(10-16-14-3-1-2-4-15(14)22-23-16)21-11-20(7-8-20)13-5-6-17-18(9-13)26-12-25-17/h1-6,9H,7-8,10-12H2,(H,21,24)(H,22,23). The molecule has 1 aliphatic carbocycles. The Kier molecular flexibility index (Phi) is 3.38. The third-order valence-electron chi connectivity index (χ3n) is 5.34. The smallest absolute Gasteiger partial charge is 0.231 e. The lowest BCUT2D eigenvalue weighted by Gasteiger charge is -2.17. The second-order valence-electron chi connectivity index (χ2n) is 7.02. The van der Waals surface area contributed by atoms with Gasteiger partial charge >= 0.3 is 0 Å². The van der Waals surface area contributed by atoms with E-state index >= 15 is 0 Å². The molecule has 5 rings (SSSR count). The number of hydrogen-bond donors (Lipinski definition) is 2. The van der Waals surface area contributed by atoms with E-state index in [1.54, 1.807) is 0 Å². The number of carbonyl (C=O) groups is 1. The van der Waals surface area contributed by atoms with Gasteiger partial charge in [-0.05, 0) is 36.6 Å². The summed E-state index contributed by atoms with van der Waals surface area (Å²) in [5, 5.41) is 11.3. The van der Waals surface area contributed by atoms with Crippen LogP contribution in [0.2, 0.25) is 0 Å². The van der Waals surface area contributed by atoms with Crippen LogP contribution in [0.4, 0.5) is 0 Å². The van der Waals surface area contributed by atoms with Crippen molar-refractivity contribution in [2.24, 2.45) is 0 Å². The fourth-order valence-corrected chi connectivity index (χ4v) is 3.58. The number of rotatable bonds is 5. The first-order chi connectivity index (χ1) is 12.7. The van der Waals surface area contributed by atoms with E-state index in [0.29, 0.717) is 13.0 Å². The Labute approximate surface area is 150 Å². The fourth-order valence-electron chi connectivity index (χ4n) is 3.58. The fraction of sp³-hybridized carbons (Fsp3) is 0.300. The third kappa shape index (κ3) is 2.58. The molecule has 0 atom stereocenters. The van der Waals surface area contributed by atoms with Gasteiger partial charge < -0.3 is 14.8 Å². The van der Waals surface area contributed by atoms with Crippen molar-refractivity contribution in [2.45, 2.75) is 24.7 Å². The summed E-state index contributed by atoms with van der Waals surface area (Å²) in [5.41, 5.74) is 2.96. The van der Waals surface area contributed by atoms with Gasteiger partial charge in [0.05, 0.1) is 17.6 Å². The molecule has 6 nitrogen and oxygen atoms in total. The van der Waals surface area contributed by atoms with E-state index in [1.165, 1.54) is 5.56 Å². The number of nitrogens with one attached hydrogen (secondary N) is 2. The minimum absolute atomic E-state index is 0.00595. The summed E-state index contributed by atoms with van der Waals surface area (Å²) in [5.74, 6) is 1.59. The van der Waals surface area contributed by atoms with Crippen molar-refractivity contribution >= 4 is 16.8 Å². The topological polar surface area (TPSA) is 76.2 Å². The molecule has 2 aromatic carbocycles. The lowest BCUT2D eigenvalue weighted by atomic mass is 9.95. The van der Waals surface area contributed by atoms with Crippen molar-refractivity contribution in [1.29, 1.82) is 0 Å². The molecule has 6 heteroatoms. The molecule has 1 amide bonds. The maximum atomic E-state index is 12.4. The molecule has 1 fully saturated rings. The van der Waals surface area contributed by atoms with Gasteiger partial charge in [-0.15, -0.1) is 0 Å². The number of H-pyrrole nitrogens is 1. The van der Waals surface area contributed by atoms with Crippen LogP contribution in [0.15, 0.2) is 42.5 Å². The largest absolute Gasteiger partial charge is 0.454 e. The van der Waals surface area contributed by atoms with E-state index < -0.39 is 0 Å². The molecule has 1 aliphatic heterocycles. The highest BCUT2D eigenvalue weighted by Gasteiger charge is 2.45. The zero-order valence-electron chi connectivity index (χ0n) is 14.2. The zero-order chi connectivity index (χ0) is 17.6. The third-order valence-corrected chi connectivity index (χ3v) is 5.34. The first kappa shape index (κ1) is 15.3. The summed E-state index contributed by atoms with van der Waals surface area (Å²) in [6.45, 7) is 0.915. The van der Waals surface area contributed by atoms with Crippen LogP contribution in [0.1, 0.15) is 24.1 Å². The van der Waals surface area contributed by atoms with Crippen molar-refractivity contribution in [2.75, 3.05) is 13.3 Å². The number of hydrogen-bond acceptors (Lipinski definition) is 4. The van der Waals surface area contributed by atoms with Crippen molar-refractivity contribution in [3.63, 3.8) is 0 Å². The number of benzene rings is 2. The second kappa shape index (κ2) is 5.76. The van der Waals surface area contributed by atoms with Gasteiger partial charge in [0.25, 0.3) is 0 Å². The molecule has 0 saturated heterocycles. The maximum absolute atomic E-state index is 12.4. The number of ether oxygens (including phenoxy) is 2. The van der Waals surface area contributed by atoms with Crippen molar-refractivity contribution in [1.82, 2.24) is 15.5 Å². The summed E-state index contributed by atoms with van der Waals surface area (Å²) >= 11 is 0. The number of fused-ring (bicyclic) bond motifs is 2. The first-order valence-electron chi connectivity index (χ1n) is 8.82. The number of aromatic nitrogens is 2. The van der Waals surface area contributed by atoms with E-state index in [-0.39, 0.29) is 18.1 Å². The van der Waals surface area contributed by atoms with Crippen LogP contribution in [0, 0.1) is 0 Å². The highest BCUT2D eigenvalue weighted by atomic mass is 16.7. The van der Waals surface area contributed by atoms with Gasteiger partial charge in [-0.2, -0.15) is 5.10 Å². The zero-order valence-corrected chi connectivity index (χ0v) is 14.2.